The van der Waals surface area contributed by atoms with Crippen molar-refractivity contribution in [2.75, 3.05) is 0 Å². The molecule has 27 heavy (non-hydrogen) atoms. The topological polar surface area (TPSA) is 88.4 Å². The van der Waals surface area contributed by atoms with E-state index in [-0.39, 0.29) is 23.4 Å². The van der Waals surface area contributed by atoms with Crippen molar-refractivity contribution in [1.29, 1.82) is 0 Å². The molecule has 148 valence electrons. The summed E-state index contributed by atoms with van der Waals surface area (Å²) in [7, 11) is -3.66. The monoisotopic (exact) mass is 392 g/mol. The molecule has 1 atom stereocenters. The lowest BCUT2D eigenvalue weighted by atomic mass is 10.0. The predicted octanol–water partition coefficient (Wildman–Crippen LogP) is 3.70. The fraction of sp³-hybridized carbons (Fsp3) is 0.450. The number of carbonyl (C=O) groups excluding carboxylic acids is 1. The van der Waals surface area contributed by atoms with Crippen LogP contribution in [0.15, 0.2) is 52.0 Å². The Morgan fingerprint density at radius 2 is 1.78 bits per heavy atom. The first kappa shape index (κ1) is 21.2. The van der Waals surface area contributed by atoms with Gasteiger partial charge in [0.15, 0.2) is 0 Å². The minimum atomic E-state index is -3.66. The SMILES string of the molecule is CC(C)CCCC(C)NC(=O)c1ccc(S(=O)(=O)NCc2ccco2)cc1. The molecule has 0 radical (unpaired) electrons. The molecular weight excluding hydrogens is 364 g/mol. The summed E-state index contributed by atoms with van der Waals surface area (Å²) >= 11 is 0. The first-order valence-corrected chi connectivity index (χ1v) is 10.7. The van der Waals surface area contributed by atoms with Gasteiger partial charge >= 0.3 is 0 Å². The molecule has 0 fully saturated rings. The second kappa shape index (κ2) is 9.71. The smallest absolute Gasteiger partial charge is 0.251 e. The van der Waals surface area contributed by atoms with Gasteiger partial charge in [0.25, 0.3) is 5.91 Å². The average Bonchev–Trinajstić information content (AvgIpc) is 3.13. The van der Waals surface area contributed by atoms with Gasteiger partial charge in [-0.2, -0.15) is 0 Å². The van der Waals surface area contributed by atoms with E-state index in [2.05, 4.69) is 23.9 Å². The molecular formula is C20H28N2O4S. The lowest BCUT2D eigenvalue weighted by Crippen LogP contribution is -2.32. The Morgan fingerprint density at radius 1 is 1.07 bits per heavy atom. The van der Waals surface area contributed by atoms with Gasteiger partial charge in [-0.25, -0.2) is 13.1 Å². The highest BCUT2D eigenvalue weighted by molar-refractivity contribution is 7.89. The van der Waals surface area contributed by atoms with Crippen LogP contribution in [0.4, 0.5) is 0 Å². The number of hydrogen-bond acceptors (Lipinski definition) is 4. The van der Waals surface area contributed by atoms with E-state index < -0.39 is 10.0 Å². The number of amides is 1. The van der Waals surface area contributed by atoms with Gasteiger partial charge < -0.3 is 9.73 Å². The van der Waals surface area contributed by atoms with E-state index in [1.165, 1.54) is 30.5 Å². The van der Waals surface area contributed by atoms with E-state index in [1.54, 1.807) is 12.1 Å². The average molecular weight is 393 g/mol. The zero-order valence-corrected chi connectivity index (χ0v) is 16.9. The van der Waals surface area contributed by atoms with Crippen LogP contribution < -0.4 is 10.0 Å². The van der Waals surface area contributed by atoms with Crippen molar-refractivity contribution in [3.05, 3.63) is 54.0 Å². The molecule has 1 unspecified atom stereocenters. The van der Waals surface area contributed by atoms with Crippen LogP contribution in [0.1, 0.15) is 56.2 Å². The van der Waals surface area contributed by atoms with Gasteiger partial charge in [-0.15, -0.1) is 0 Å². The molecule has 0 aliphatic rings. The molecule has 0 saturated heterocycles. The number of rotatable bonds is 10. The number of nitrogens with one attached hydrogen (secondary N) is 2. The zero-order chi connectivity index (χ0) is 19.9. The molecule has 7 heteroatoms. The molecule has 2 aromatic rings. The van der Waals surface area contributed by atoms with Crippen molar-refractivity contribution in [2.24, 2.45) is 5.92 Å². The highest BCUT2D eigenvalue weighted by Gasteiger charge is 2.16. The third kappa shape index (κ3) is 6.84. The van der Waals surface area contributed by atoms with Gasteiger partial charge in [0.05, 0.1) is 17.7 Å². The Bertz CT molecular complexity index is 812. The highest BCUT2D eigenvalue weighted by Crippen LogP contribution is 2.13. The van der Waals surface area contributed by atoms with Crippen LogP contribution in [-0.2, 0) is 16.6 Å². The van der Waals surface area contributed by atoms with E-state index in [9.17, 15) is 13.2 Å². The number of furan rings is 1. The van der Waals surface area contributed by atoms with Crippen LogP contribution in [0.2, 0.25) is 0 Å². The summed E-state index contributed by atoms with van der Waals surface area (Å²) in [5.41, 5.74) is 0.440. The Balaban J connectivity index is 1.90. The Morgan fingerprint density at radius 3 is 2.37 bits per heavy atom. The molecule has 2 N–H and O–H groups in total. The van der Waals surface area contributed by atoms with Crippen LogP contribution >= 0.6 is 0 Å². The van der Waals surface area contributed by atoms with Gasteiger partial charge in [0.2, 0.25) is 10.0 Å². The van der Waals surface area contributed by atoms with Crippen molar-refractivity contribution in [3.63, 3.8) is 0 Å². The molecule has 1 amide bonds. The van der Waals surface area contributed by atoms with Crippen molar-refractivity contribution >= 4 is 15.9 Å². The number of carbonyl (C=O) groups is 1. The second-order valence-electron chi connectivity index (χ2n) is 7.13. The predicted molar refractivity (Wildman–Crippen MR) is 105 cm³/mol. The molecule has 0 spiro atoms. The van der Waals surface area contributed by atoms with Crippen LogP contribution in [-0.4, -0.2) is 20.4 Å². The maximum Gasteiger partial charge on any atom is 0.251 e. The second-order valence-corrected chi connectivity index (χ2v) is 8.89. The molecule has 0 aliphatic carbocycles. The molecule has 1 heterocycles. The van der Waals surface area contributed by atoms with E-state index >= 15 is 0 Å². The summed E-state index contributed by atoms with van der Waals surface area (Å²) in [6.07, 6.45) is 4.61. The van der Waals surface area contributed by atoms with Gasteiger partial charge in [0.1, 0.15) is 5.76 Å². The summed E-state index contributed by atoms with van der Waals surface area (Å²) in [5, 5.41) is 2.96. The van der Waals surface area contributed by atoms with Crippen LogP contribution in [0.25, 0.3) is 0 Å². The van der Waals surface area contributed by atoms with Gasteiger partial charge in [-0.1, -0.05) is 26.7 Å². The van der Waals surface area contributed by atoms with Crippen molar-refractivity contribution in [3.8, 4) is 0 Å². The number of sulfonamides is 1. The summed E-state index contributed by atoms with van der Waals surface area (Å²) in [6.45, 7) is 6.42. The zero-order valence-electron chi connectivity index (χ0n) is 16.1. The molecule has 0 bridgehead atoms. The maximum absolute atomic E-state index is 12.3. The van der Waals surface area contributed by atoms with Crippen molar-refractivity contribution in [1.82, 2.24) is 10.0 Å². The molecule has 1 aromatic heterocycles. The van der Waals surface area contributed by atoms with E-state index in [0.29, 0.717) is 17.2 Å². The van der Waals surface area contributed by atoms with Crippen LogP contribution in [0.3, 0.4) is 0 Å². The summed E-state index contributed by atoms with van der Waals surface area (Å²) < 4.78 is 32.2. The summed E-state index contributed by atoms with van der Waals surface area (Å²) in [5.74, 6) is 0.990. The normalized spacial score (nSPS) is 12.9. The first-order chi connectivity index (χ1) is 12.8. The standard InChI is InChI=1S/C20H28N2O4S/c1-15(2)6-4-7-16(3)22-20(23)17-9-11-19(12-10-17)27(24,25)21-14-18-8-5-13-26-18/h5,8-13,15-16,21H,4,6-7,14H2,1-3H3,(H,22,23). The minimum Gasteiger partial charge on any atom is -0.468 e. The quantitative estimate of drug-likeness (QED) is 0.645. The molecule has 2 rings (SSSR count). The summed E-state index contributed by atoms with van der Waals surface area (Å²) in [4.78, 5) is 12.4. The van der Waals surface area contributed by atoms with E-state index in [0.717, 1.165) is 19.3 Å². The van der Waals surface area contributed by atoms with Gasteiger partial charge in [-0.05, 0) is 55.7 Å². The Hall–Kier alpha value is -2.12. The molecule has 6 nitrogen and oxygen atoms in total. The molecule has 0 saturated carbocycles. The van der Waals surface area contributed by atoms with Gasteiger partial charge in [0, 0.05) is 11.6 Å². The fourth-order valence-electron chi connectivity index (χ4n) is 2.66. The van der Waals surface area contributed by atoms with Gasteiger partial charge in [-0.3, -0.25) is 4.79 Å². The first-order valence-electron chi connectivity index (χ1n) is 9.21. The minimum absolute atomic E-state index is 0.0749. The molecule has 0 aliphatic heterocycles. The lowest BCUT2D eigenvalue weighted by molar-refractivity contribution is 0.0937. The van der Waals surface area contributed by atoms with E-state index in [1.807, 2.05) is 6.92 Å². The number of benzene rings is 1. The van der Waals surface area contributed by atoms with Crippen molar-refractivity contribution in [2.45, 2.75) is 57.5 Å². The lowest BCUT2D eigenvalue weighted by Gasteiger charge is -2.15. The Kier molecular flexibility index (Phi) is 7.62. The van der Waals surface area contributed by atoms with Crippen LogP contribution in [0, 0.1) is 5.92 Å². The number of hydrogen-bond donors (Lipinski definition) is 2. The molecule has 1 aromatic carbocycles. The maximum atomic E-state index is 12.3. The third-order valence-electron chi connectivity index (χ3n) is 4.24. The largest absolute Gasteiger partial charge is 0.468 e. The third-order valence-corrected chi connectivity index (χ3v) is 5.66. The highest BCUT2D eigenvalue weighted by atomic mass is 32.2. The fourth-order valence-corrected chi connectivity index (χ4v) is 3.65. The van der Waals surface area contributed by atoms with Crippen LogP contribution in [0.5, 0.6) is 0 Å². The van der Waals surface area contributed by atoms with Crippen molar-refractivity contribution < 1.29 is 17.6 Å². The summed E-state index contributed by atoms with van der Waals surface area (Å²) in [6, 6.07) is 9.38. The Labute approximate surface area is 161 Å². The van der Waals surface area contributed by atoms with E-state index in [4.69, 9.17) is 4.42 Å².